The molecule has 2 aromatic carbocycles. The van der Waals surface area contributed by atoms with E-state index in [4.69, 9.17) is 9.47 Å². The number of nitrogens with zero attached hydrogens (tertiary/aromatic N) is 1. The topological polar surface area (TPSA) is 67.9 Å². The van der Waals surface area contributed by atoms with Gasteiger partial charge in [0.15, 0.2) is 0 Å². The molecule has 0 unspecified atom stereocenters. The summed E-state index contributed by atoms with van der Waals surface area (Å²) < 4.78 is 11.1. The van der Waals surface area contributed by atoms with E-state index in [0.29, 0.717) is 29.2 Å². The Morgan fingerprint density at radius 3 is 2.39 bits per heavy atom. The zero-order valence-corrected chi connectivity index (χ0v) is 16.3. The smallest absolute Gasteiger partial charge is 0.338 e. The van der Waals surface area contributed by atoms with Gasteiger partial charge in [0.2, 0.25) is 0 Å². The molecular formula is C22H24N2O4. The van der Waals surface area contributed by atoms with Gasteiger partial charge in [-0.3, -0.25) is 4.90 Å². The van der Waals surface area contributed by atoms with E-state index in [1.807, 2.05) is 61.5 Å². The van der Waals surface area contributed by atoms with Crippen LogP contribution in [0.15, 0.2) is 60.2 Å². The average Bonchev–Trinajstić information content (AvgIpc) is 2.71. The van der Waals surface area contributed by atoms with Crippen LogP contribution in [0.5, 0.6) is 5.75 Å². The third-order valence-electron chi connectivity index (χ3n) is 4.52. The van der Waals surface area contributed by atoms with Crippen LogP contribution in [0.2, 0.25) is 0 Å². The van der Waals surface area contributed by atoms with Crippen LogP contribution in [0.25, 0.3) is 5.70 Å². The molecule has 6 heteroatoms. The van der Waals surface area contributed by atoms with Gasteiger partial charge in [-0.2, -0.15) is 0 Å². The molecule has 1 atom stereocenters. The fraction of sp³-hybridized carbons (Fsp3) is 0.273. The van der Waals surface area contributed by atoms with Gasteiger partial charge in [0, 0.05) is 12.6 Å². The molecule has 1 heterocycles. The maximum absolute atomic E-state index is 13.0. The van der Waals surface area contributed by atoms with Crippen molar-refractivity contribution in [2.45, 2.75) is 19.9 Å². The van der Waals surface area contributed by atoms with Gasteiger partial charge in [-0.1, -0.05) is 48.5 Å². The summed E-state index contributed by atoms with van der Waals surface area (Å²) >= 11 is 0. The van der Waals surface area contributed by atoms with Crippen molar-refractivity contribution in [1.29, 1.82) is 0 Å². The first-order valence-electron chi connectivity index (χ1n) is 9.31. The van der Waals surface area contributed by atoms with Crippen molar-refractivity contribution in [1.82, 2.24) is 10.2 Å². The Morgan fingerprint density at radius 1 is 1.04 bits per heavy atom. The zero-order chi connectivity index (χ0) is 20.1. The predicted molar refractivity (Wildman–Crippen MR) is 107 cm³/mol. The largest absolute Gasteiger partial charge is 0.494 e. The van der Waals surface area contributed by atoms with Gasteiger partial charge in [-0.25, -0.2) is 9.59 Å². The lowest BCUT2D eigenvalue weighted by Crippen LogP contribution is -2.46. The molecule has 0 spiro atoms. The molecule has 2 aromatic rings. The fourth-order valence-electron chi connectivity index (χ4n) is 3.32. The van der Waals surface area contributed by atoms with Crippen LogP contribution in [0.1, 0.15) is 31.0 Å². The van der Waals surface area contributed by atoms with Crippen LogP contribution in [0, 0.1) is 0 Å². The number of hydrogen-bond acceptors (Lipinski definition) is 4. The van der Waals surface area contributed by atoms with Crippen LogP contribution in [-0.4, -0.2) is 37.2 Å². The summed E-state index contributed by atoms with van der Waals surface area (Å²) in [6.07, 6.45) is 0. The molecular weight excluding hydrogens is 356 g/mol. The number of amides is 2. The summed E-state index contributed by atoms with van der Waals surface area (Å²) in [6, 6.07) is 15.8. The minimum absolute atomic E-state index is 0.238. The van der Waals surface area contributed by atoms with Gasteiger partial charge in [-0.05, 0) is 25.5 Å². The van der Waals surface area contributed by atoms with E-state index in [-0.39, 0.29) is 12.6 Å². The van der Waals surface area contributed by atoms with Gasteiger partial charge >= 0.3 is 12.0 Å². The second-order valence-corrected chi connectivity index (χ2v) is 6.26. The molecule has 0 fully saturated rings. The highest BCUT2D eigenvalue weighted by Crippen LogP contribution is 2.38. The van der Waals surface area contributed by atoms with E-state index < -0.39 is 12.0 Å². The Hall–Kier alpha value is -3.28. The Morgan fingerprint density at radius 2 is 1.71 bits per heavy atom. The summed E-state index contributed by atoms with van der Waals surface area (Å²) in [4.78, 5) is 27.2. The first kappa shape index (κ1) is 19.5. The van der Waals surface area contributed by atoms with E-state index >= 15 is 0 Å². The molecule has 1 aliphatic rings. The molecule has 3 rings (SSSR count). The van der Waals surface area contributed by atoms with Crippen molar-refractivity contribution in [2.75, 3.05) is 20.3 Å². The second kappa shape index (κ2) is 8.61. The lowest BCUT2D eigenvalue weighted by atomic mass is 9.91. The number of hydrogen-bond donors (Lipinski definition) is 1. The molecule has 2 amide bonds. The predicted octanol–water partition coefficient (Wildman–Crippen LogP) is 3.76. The molecule has 0 aromatic heterocycles. The van der Waals surface area contributed by atoms with E-state index in [1.165, 1.54) is 4.90 Å². The minimum Gasteiger partial charge on any atom is -0.494 e. The standard InChI is InChI=1S/C22H24N2O4/c1-4-27-17-14-10-9-13-16(17)19-18(21(25)28-5-2)20(24(3)22(26)23-19)15-11-7-6-8-12-15/h6-14,19H,4-5H2,1-3H3,(H,23,26)/t19-/m0/s1. The summed E-state index contributed by atoms with van der Waals surface area (Å²) in [5.74, 6) is 0.151. The summed E-state index contributed by atoms with van der Waals surface area (Å²) in [5, 5.41) is 2.92. The molecule has 0 radical (unpaired) electrons. The number of rotatable bonds is 6. The van der Waals surface area contributed by atoms with Crippen LogP contribution in [-0.2, 0) is 9.53 Å². The molecule has 0 saturated heterocycles. The molecule has 1 N–H and O–H groups in total. The number of para-hydroxylation sites is 1. The van der Waals surface area contributed by atoms with Crippen molar-refractivity contribution in [3.8, 4) is 5.75 Å². The Kier molecular flexibility index (Phi) is 5.99. The zero-order valence-electron chi connectivity index (χ0n) is 16.3. The van der Waals surface area contributed by atoms with E-state index in [2.05, 4.69) is 5.32 Å². The number of benzene rings is 2. The number of esters is 1. The summed E-state index contributed by atoms with van der Waals surface area (Å²) in [7, 11) is 1.64. The van der Waals surface area contributed by atoms with Crippen LogP contribution >= 0.6 is 0 Å². The van der Waals surface area contributed by atoms with E-state index in [1.54, 1.807) is 14.0 Å². The third kappa shape index (κ3) is 3.71. The van der Waals surface area contributed by atoms with Crippen LogP contribution in [0.4, 0.5) is 4.79 Å². The lowest BCUT2D eigenvalue weighted by molar-refractivity contribution is -0.138. The van der Waals surface area contributed by atoms with Gasteiger partial charge in [0.1, 0.15) is 5.75 Å². The molecule has 0 saturated carbocycles. The van der Waals surface area contributed by atoms with Gasteiger partial charge in [0.05, 0.1) is 30.5 Å². The monoisotopic (exact) mass is 380 g/mol. The Bertz CT molecular complexity index is 892. The minimum atomic E-state index is -0.680. The average molecular weight is 380 g/mol. The van der Waals surface area contributed by atoms with Gasteiger partial charge in [-0.15, -0.1) is 0 Å². The number of nitrogens with one attached hydrogen (secondary N) is 1. The highest BCUT2D eigenvalue weighted by molar-refractivity contribution is 6.04. The SMILES string of the molecule is CCOC(=O)C1=C(c2ccccc2)N(C)C(=O)N[C@H]1c1ccccc1OCC. The number of urea groups is 1. The second-order valence-electron chi connectivity index (χ2n) is 6.26. The Balaban J connectivity index is 2.25. The maximum atomic E-state index is 13.0. The number of ether oxygens (including phenoxy) is 2. The summed E-state index contributed by atoms with van der Waals surface area (Å²) in [5.41, 5.74) is 2.38. The summed E-state index contributed by atoms with van der Waals surface area (Å²) in [6.45, 7) is 4.36. The van der Waals surface area contributed by atoms with Crippen molar-refractivity contribution >= 4 is 17.7 Å². The van der Waals surface area contributed by atoms with E-state index in [9.17, 15) is 9.59 Å². The van der Waals surface area contributed by atoms with Gasteiger partial charge < -0.3 is 14.8 Å². The highest BCUT2D eigenvalue weighted by atomic mass is 16.5. The first-order valence-corrected chi connectivity index (χ1v) is 9.31. The Labute approximate surface area is 164 Å². The number of carbonyl (C=O) groups is 2. The van der Waals surface area contributed by atoms with E-state index in [0.717, 1.165) is 5.56 Å². The van der Waals surface area contributed by atoms with Crippen molar-refractivity contribution in [3.63, 3.8) is 0 Å². The molecule has 0 aliphatic carbocycles. The maximum Gasteiger partial charge on any atom is 0.338 e. The fourth-order valence-corrected chi connectivity index (χ4v) is 3.32. The molecule has 146 valence electrons. The normalized spacial score (nSPS) is 16.6. The van der Waals surface area contributed by atoms with Crippen molar-refractivity contribution in [2.24, 2.45) is 0 Å². The van der Waals surface area contributed by atoms with Crippen LogP contribution < -0.4 is 10.1 Å². The first-order chi connectivity index (χ1) is 13.6. The number of carbonyl (C=O) groups excluding carboxylic acids is 2. The highest BCUT2D eigenvalue weighted by Gasteiger charge is 2.38. The van der Waals surface area contributed by atoms with Gasteiger partial charge in [0.25, 0.3) is 0 Å². The molecule has 28 heavy (non-hydrogen) atoms. The molecule has 1 aliphatic heterocycles. The lowest BCUT2D eigenvalue weighted by Gasteiger charge is -2.35. The van der Waals surface area contributed by atoms with Crippen molar-refractivity contribution in [3.05, 3.63) is 71.3 Å². The molecule has 0 bridgehead atoms. The van der Waals surface area contributed by atoms with Crippen molar-refractivity contribution < 1.29 is 19.1 Å². The molecule has 6 nitrogen and oxygen atoms in total. The van der Waals surface area contributed by atoms with Crippen LogP contribution in [0.3, 0.4) is 0 Å². The third-order valence-corrected chi connectivity index (χ3v) is 4.52. The quantitative estimate of drug-likeness (QED) is 0.775.